The predicted molar refractivity (Wildman–Crippen MR) is 115 cm³/mol. The third kappa shape index (κ3) is 5.13. The molecule has 3 rings (SSSR count). The van der Waals surface area contributed by atoms with E-state index < -0.39 is 35.3 Å². The van der Waals surface area contributed by atoms with E-state index in [0.29, 0.717) is 6.33 Å². The number of rotatable bonds is 6. The van der Waals surface area contributed by atoms with Gasteiger partial charge >= 0.3 is 6.18 Å². The highest BCUT2D eigenvalue weighted by Gasteiger charge is 2.38. The van der Waals surface area contributed by atoms with Gasteiger partial charge in [0.2, 0.25) is 5.75 Å². The summed E-state index contributed by atoms with van der Waals surface area (Å²) in [6.07, 6.45) is -2.54. The molecule has 14 heteroatoms. The van der Waals surface area contributed by atoms with E-state index in [-0.39, 0.29) is 33.2 Å². The highest BCUT2D eigenvalue weighted by atomic mass is 35.5. The van der Waals surface area contributed by atoms with Crippen LogP contribution in [0.1, 0.15) is 22.5 Å². The first-order valence-corrected chi connectivity index (χ1v) is 9.51. The molecule has 0 atom stereocenters. The summed E-state index contributed by atoms with van der Waals surface area (Å²) in [7, 11) is 0. The number of nitrogens with one attached hydrogen (secondary N) is 2. The Morgan fingerprint density at radius 3 is 2.68 bits per heavy atom. The second-order valence-corrected chi connectivity index (χ2v) is 7.05. The Morgan fingerprint density at radius 1 is 1.32 bits per heavy atom. The van der Waals surface area contributed by atoms with Gasteiger partial charge in [0.25, 0.3) is 11.1 Å². The maximum Gasteiger partial charge on any atom is 0.437 e. The van der Waals surface area contributed by atoms with Crippen molar-refractivity contribution in [2.45, 2.75) is 12.7 Å². The fourth-order valence-electron chi connectivity index (χ4n) is 2.81. The van der Waals surface area contributed by atoms with E-state index in [1.54, 1.807) is 6.07 Å². The van der Waals surface area contributed by atoms with Gasteiger partial charge in [-0.1, -0.05) is 11.6 Å². The number of alkyl halides is 3. The van der Waals surface area contributed by atoms with Gasteiger partial charge in [0, 0.05) is 23.0 Å². The number of H-pyrrole nitrogens is 1. The molecule has 0 unspecified atom stereocenters. The van der Waals surface area contributed by atoms with Crippen molar-refractivity contribution in [2.24, 2.45) is 5.73 Å². The van der Waals surface area contributed by atoms with E-state index in [1.807, 2.05) is 0 Å². The molecule has 0 amide bonds. The fraction of sp³-hybridized carbons (Fsp3) is 0.100. The van der Waals surface area contributed by atoms with Gasteiger partial charge in [-0.25, -0.2) is 10.1 Å². The Balaban J connectivity index is 2.10. The van der Waals surface area contributed by atoms with E-state index in [0.717, 1.165) is 29.1 Å². The number of nitriles is 1. The molecule has 2 heterocycles. The van der Waals surface area contributed by atoms with Gasteiger partial charge in [0.05, 0.1) is 35.8 Å². The van der Waals surface area contributed by atoms with Gasteiger partial charge in [-0.2, -0.15) is 23.5 Å². The number of hydrogen-bond donors (Lipinski definition) is 3. The number of aromatic nitrogens is 4. The number of aromatic amines is 1. The highest BCUT2D eigenvalue weighted by molar-refractivity contribution is 6.30. The minimum atomic E-state index is -5.03. The van der Waals surface area contributed by atoms with Crippen LogP contribution in [0.2, 0.25) is 5.02 Å². The maximum atomic E-state index is 13.5. The Bertz CT molecular complexity index is 1460. The van der Waals surface area contributed by atoms with Crippen molar-refractivity contribution < 1.29 is 17.9 Å². The molecular weight excluding hydrogens is 479 g/mol. The van der Waals surface area contributed by atoms with E-state index in [9.17, 15) is 22.8 Å². The van der Waals surface area contributed by atoms with E-state index in [2.05, 4.69) is 15.2 Å². The minimum Gasteiger partial charge on any atom is -0.449 e. The number of hydrogen-bond acceptors (Lipinski definition) is 8. The van der Waals surface area contributed by atoms with Crippen molar-refractivity contribution in [3.63, 3.8) is 0 Å². The summed E-state index contributed by atoms with van der Waals surface area (Å²) in [6.45, 7) is -0.404. The number of benzene rings is 1. The van der Waals surface area contributed by atoms with Crippen LogP contribution in [0, 0.1) is 16.7 Å². The number of nitrogens with zero attached hydrogens (tertiary/aromatic N) is 4. The zero-order valence-electron chi connectivity index (χ0n) is 16.9. The molecule has 1 aromatic carbocycles. The molecule has 0 saturated carbocycles. The van der Waals surface area contributed by atoms with Crippen LogP contribution < -0.4 is 21.6 Å². The summed E-state index contributed by atoms with van der Waals surface area (Å²) < 4.78 is 46.5. The molecular formula is C20H13ClF3N7O3. The molecule has 34 heavy (non-hydrogen) atoms. The van der Waals surface area contributed by atoms with Crippen molar-refractivity contribution in [1.82, 2.24) is 19.7 Å². The molecule has 0 aliphatic heterocycles. The van der Waals surface area contributed by atoms with Crippen LogP contribution in [-0.4, -0.2) is 26.0 Å². The summed E-state index contributed by atoms with van der Waals surface area (Å²) in [4.78, 5) is 28.2. The van der Waals surface area contributed by atoms with Gasteiger partial charge in [0.15, 0.2) is 5.69 Å². The third-order valence-electron chi connectivity index (χ3n) is 4.32. The molecule has 0 bridgehead atoms. The molecule has 10 nitrogen and oxygen atoms in total. The van der Waals surface area contributed by atoms with Gasteiger partial charge in [-0.3, -0.25) is 14.2 Å². The molecule has 0 fully saturated rings. The molecule has 174 valence electrons. The monoisotopic (exact) mass is 491 g/mol. The molecule has 2 aromatic heterocycles. The number of halogens is 4. The lowest BCUT2D eigenvalue weighted by Gasteiger charge is -2.15. The van der Waals surface area contributed by atoms with E-state index >= 15 is 0 Å². The Morgan fingerprint density at radius 2 is 2.06 bits per heavy atom. The van der Waals surface area contributed by atoms with E-state index in [4.69, 9.17) is 32.7 Å². The zero-order valence-corrected chi connectivity index (χ0v) is 17.6. The first-order chi connectivity index (χ1) is 16.1. The standard InChI is InChI=1S/C20H13ClF3N7O3/c21-12-1-10(5-25)2-14(3-12)34-16-17(20(22,23)24)28-9-31(19(16)33)8-13-4-15(11(6-26)7-27)18(32)30-29-13/h1-4,6-7,9,26H,8,27H2,(H,30,32)/b11-7+,26-6?. The van der Waals surface area contributed by atoms with Crippen LogP contribution in [0.3, 0.4) is 0 Å². The summed E-state index contributed by atoms with van der Waals surface area (Å²) in [5.74, 6) is -1.42. The summed E-state index contributed by atoms with van der Waals surface area (Å²) in [5, 5.41) is 22.3. The van der Waals surface area contributed by atoms with Crippen LogP contribution in [-0.2, 0) is 12.7 Å². The number of nitrogens with two attached hydrogens (primary N) is 1. The Hall–Kier alpha value is -4.44. The quantitative estimate of drug-likeness (QED) is 0.446. The molecule has 0 aliphatic rings. The van der Waals surface area contributed by atoms with Gasteiger partial charge < -0.3 is 15.9 Å². The average molecular weight is 492 g/mol. The number of ether oxygens (including phenoxy) is 1. The van der Waals surface area contributed by atoms with Crippen LogP contribution in [0.15, 0.2) is 46.4 Å². The van der Waals surface area contributed by atoms with Crippen molar-refractivity contribution in [2.75, 3.05) is 0 Å². The lowest BCUT2D eigenvalue weighted by atomic mass is 10.1. The second-order valence-electron chi connectivity index (χ2n) is 6.61. The lowest BCUT2D eigenvalue weighted by Crippen LogP contribution is -2.27. The first kappa shape index (κ1) is 24.2. The largest absolute Gasteiger partial charge is 0.449 e. The van der Waals surface area contributed by atoms with Crippen LogP contribution in [0.25, 0.3) is 5.57 Å². The summed E-state index contributed by atoms with van der Waals surface area (Å²) in [6, 6.07) is 6.50. The number of allylic oxidation sites excluding steroid dienone is 1. The van der Waals surface area contributed by atoms with Crippen molar-refractivity contribution in [3.05, 3.63) is 85.0 Å². The van der Waals surface area contributed by atoms with Gasteiger partial charge in [0.1, 0.15) is 5.75 Å². The van der Waals surface area contributed by atoms with Gasteiger partial charge in [-0.05, 0) is 24.3 Å². The Labute approximate surface area is 193 Å². The summed E-state index contributed by atoms with van der Waals surface area (Å²) in [5.41, 5.74) is 2.01. The normalized spacial score (nSPS) is 11.7. The average Bonchev–Trinajstić information content (AvgIpc) is 2.78. The lowest BCUT2D eigenvalue weighted by molar-refractivity contribution is -0.142. The highest BCUT2D eigenvalue weighted by Crippen LogP contribution is 2.35. The summed E-state index contributed by atoms with van der Waals surface area (Å²) >= 11 is 5.86. The molecule has 0 saturated heterocycles. The molecule has 4 N–H and O–H groups in total. The van der Waals surface area contributed by atoms with Gasteiger partial charge in [-0.15, -0.1) is 0 Å². The van der Waals surface area contributed by atoms with Crippen LogP contribution >= 0.6 is 11.6 Å². The zero-order chi connectivity index (χ0) is 25.0. The third-order valence-corrected chi connectivity index (χ3v) is 4.54. The van der Waals surface area contributed by atoms with Crippen LogP contribution in [0.5, 0.6) is 11.5 Å². The minimum absolute atomic E-state index is 0.000190. The second kappa shape index (κ2) is 9.59. The molecule has 0 radical (unpaired) electrons. The predicted octanol–water partition coefficient (Wildman–Crippen LogP) is 2.66. The molecule has 0 aliphatic carbocycles. The van der Waals surface area contributed by atoms with Crippen LogP contribution in [0.4, 0.5) is 13.2 Å². The molecule has 0 spiro atoms. The Kier molecular flexibility index (Phi) is 6.83. The maximum absolute atomic E-state index is 13.5. The van der Waals surface area contributed by atoms with Crippen molar-refractivity contribution in [1.29, 1.82) is 10.7 Å². The molecule has 3 aromatic rings. The smallest absolute Gasteiger partial charge is 0.437 e. The first-order valence-electron chi connectivity index (χ1n) is 9.14. The SMILES string of the molecule is N#Cc1cc(Cl)cc(Oc2c(C(F)(F)F)ncn(Cc3cc(/C(C=N)=C/N)c(=O)[nH]n3)c2=O)c1. The fourth-order valence-corrected chi connectivity index (χ4v) is 3.04. The van der Waals surface area contributed by atoms with Crippen molar-refractivity contribution in [3.8, 4) is 17.6 Å². The van der Waals surface area contributed by atoms with Crippen molar-refractivity contribution >= 4 is 23.4 Å². The van der Waals surface area contributed by atoms with E-state index in [1.165, 1.54) is 12.1 Å². The topological polar surface area (TPSA) is 164 Å².